The lowest BCUT2D eigenvalue weighted by atomic mass is 10.0. The Kier molecular flexibility index (Phi) is 5.53. The highest BCUT2D eigenvalue weighted by molar-refractivity contribution is 7.89. The summed E-state index contributed by atoms with van der Waals surface area (Å²) in [5.41, 5.74) is 2.90. The van der Waals surface area contributed by atoms with Crippen molar-refractivity contribution in [3.8, 4) is 0 Å². The van der Waals surface area contributed by atoms with Crippen LogP contribution in [0.5, 0.6) is 0 Å². The monoisotopic (exact) mass is 401 g/mol. The number of nitrogens with one attached hydrogen (secondary N) is 1. The minimum atomic E-state index is -3.53. The summed E-state index contributed by atoms with van der Waals surface area (Å²) in [6, 6.07) is 11.3. The van der Waals surface area contributed by atoms with E-state index in [-0.39, 0.29) is 16.7 Å². The van der Waals surface area contributed by atoms with Crippen molar-refractivity contribution in [1.29, 1.82) is 0 Å². The van der Waals surface area contributed by atoms with Gasteiger partial charge in [0.2, 0.25) is 15.9 Å². The molecule has 0 aliphatic carbocycles. The molecule has 148 valence electrons. The molecule has 1 N–H and O–H groups in total. The Labute approximate surface area is 165 Å². The highest BCUT2D eigenvalue weighted by atomic mass is 32.2. The zero-order valence-electron chi connectivity index (χ0n) is 16.1. The first-order valence-electron chi connectivity index (χ1n) is 9.01. The largest absolute Gasteiger partial charge is 0.322 e. The molecule has 0 spiro atoms. The minimum absolute atomic E-state index is 0.111. The topological polar surface area (TPSA) is 86.8 Å². The van der Waals surface area contributed by atoms with Gasteiger partial charge < -0.3 is 10.2 Å². The van der Waals surface area contributed by atoms with Crippen LogP contribution in [0.3, 0.4) is 0 Å². The van der Waals surface area contributed by atoms with E-state index >= 15 is 0 Å². The average molecular weight is 401 g/mol. The molecule has 0 aromatic heterocycles. The Balaban J connectivity index is 1.78. The predicted octanol–water partition coefficient (Wildman–Crippen LogP) is 2.49. The van der Waals surface area contributed by atoms with Gasteiger partial charge in [0.05, 0.1) is 4.90 Å². The van der Waals surface area contributed by atoms with Crippen LogP contribution in [0, 0.1) is 0 Å². The summed E-state index contributed by atoms with van der Waals surface area (Å²) >= 11 is 0. The van der Waals surface area contributed by atoms with Crippen molar-refractivity contribution in [1.82, 2.24) is 4.31 Å². The number of amides is 2. The second-order valence-electron chi connectivity index (χ2n) is 6.75. The normalized spacial score (nSPS) is 14.1. The smallest absolute Gasteiger partial charge is 0.255 e. The third-order valence-electron chi connectivity index (χ3n) is 4.75. The highest BCUT2D eigenvalue weighted by Crippen LogP contribution is 2.30. The summed E-state index contributed by atoms with van der Waals surface area (Å²) in [5, 5.41) is 2.83. The third kappa shape index (κ3) is 3.79. The van der Waals surface area contributed by atoms with Gasteiger partial charge in [0.25, 0.3) is 5.91 Å². The number of anilines is 2. The number of benzene rings is 2. The molecule has 0 saturated heterocycles. The third-order valence-corrected chi connectivity index (χ3v) is 6.58. The fraction of sp³-hybridized carbons (Fsp3) is 0.300. The van der Waals surface area contributed by atoms with Crippen LogP contribution in [-0.2, 0) is 21.2 Å². The highest BCUT2D eigenvalue weighted by Gasteiger charge is 2.23. The zero-order valence-corrected chi connectivity index (χ0v) is 16.9. The van der Waals surface area contributed by atoms with Crippen molar-refractivity contribution in [3.63, 3.8) is 0 Å². The number of fused-ring (bicyclic) bond motifs is 1. The lowest BCUT2D eigenvalue weighted by Gasteiger charge is -2.28. The van der Waals surface area contributed by atoms with E-state index in [1.807, 2.05) is 19.1 Å². The SMILES string of the molecule is CCN1C(=O)CCc2cc(NC(=O)c3ccc(S(=O)(=O)N(C)C)cc3)ccc21. The van der Waals surface area contributed by atoms with E-state index in [1.165, 1.54) is 38.4 Å². The van der Waals surface area contributed by atoms with Gasteiger partial charge in [-0.1, -0.05) is 0 Å². The molecule has 0 bridgehead atoms. The fourth-order valence-electron chi connectivity index (χ4n) is 3.18. The number of hydrogen-bond donors (Lipinski definition) is 1. The van der Waals surface area contributed by atoms with Crippen LogP contribution in [0.2, 0.25) is 0 Å². The molecule has 1 aliphatic heterocycles. The maximum atomic E-state index is 12.5. The van der Waals surface area contributed by atoms with E-state index in [1.54, 1.807) is 11.0 Å². The van der Waals surface area contributed by atoms with Crippen LogP contribution in [-0.4, -0.2) is 45.2 Å². The van der Waals surface area contributed by atoms with Gasteiger partial charge in [-0.2, -0.15) is 0 Å². The van der Waals surface area contributed by atoms with E-state index in [2.05, 4.69) is 5.32 Å². The van der Waals surface area contributed by atoms with Gasteiger partial charge in [0.1, 0.15) is 0 Å². The molecular weight excluding hydrogens is 378 g/mol. The van der Waals surface area contributed by atoms with Crippen molar-refractivity contribution in [2.24, 2.45) is 0 Å². The first-order valence-corrected chi connectivity index (χ1v) is 10.4. The average Bonchev–Trinajstić information content (AvgIpc) is 2.68. The number of aryl methyl sites for hydroxylation is 1. The Hall–Kier alpha value is -2.71. The number of carbonyl (C=O) groups excluding carboxylic acids is 2. The number of rotatable bonds is 5. The van der Waals surface area contributed by atoms with Crippen LogP contribution in [0.1, 0.15) is 29.3 Å². The van der Waals surface area contributed by atoms with Gasteiger partial charge in [-0.3, -0.25) is 9.59 Å². The van der Waals surface area contributed by atoms with Crippen LogP contribution < -0.4 is 10.2 Å². The molecule has 0 saturated carbocycles. The molecule has 3 rings (SSSR count). The summed E-state index contributed by atoms with van der Waals surface area (Å²) in [4.78, 5) is 26.4. The molecule has 0 atom stereocenters. The van der Waals surface area contributed by atoms with Gasteiger partial charge in [-0.15, -0.1) is 0 Å². The second kappa shape index (κ2) is 7.73. The predicted molar refractivity (Wildman–Crippen MR) is 108 cm³/mol. The molecular formula is C20H23N3O4S. The van der Waals surface area contributed by atoms with E-state index in [4.69, 9.17) is 0 Å². The van der Waals surface area contributed by atoms with E-state index < -0.39 is 10.0 Å². The van der Waals surface area contributed by atoms with Gasteiger partial charge >= 0.3 is 0 Å². The van der Waals surface area contributed by atoms with Crippen molar-refractivity contribution in [3.05, 3.63) is 53.6 Å². The molecule has 1 heterocycles. The Morgan fingerprint density at radius 2 is 1.79 bits per heavy atom. The lowest BCUT2D eigenvalue weighted by molar-refractivity contribution is -0.118. The molecule has 2 aromatic carbocycles. The molecule has 1 aliphatic rings. The Morgan fingerprint density at radius 3 is 2.39 bits per heavy atom. The molecule has 0 radical (unpaired) electrons. The molecule has 0 fully saturated rings. The summed E-state index contributed by atoms with van der Waals surface area (Å²) < 4.78 is 25.3. The summed E-state index contributed by atoms with van der Waals surface area (Å²) in [7, 11) is -0.616. The first kappa shape index (κ1) is 20.0. The van der Waals surface area contributed by atoms with Crippen molar-refractivity contribution >= 4 is 33.2 Å². The standard InChI is InChI=1S/C20H23N3O4S/c1-4-23-18-11-8-16(13-15(18)7-12-19(23)24)21-20(25)14-5-9-17(10-6-14)28(26,27)22(2)3/h5-6,8-11,13H,4,7,12H2,1-3H3,(H,21,25). The zero-order chi connectivity index (χ0) is 20.5. The molecule has 0 unspecified atom stereocenters. The number of hydrogen-bond acceptors (Lipinski definition) is 4. The van der Waals surface area contributed by atoms with Crippen LogP contribution in [0.4, 0.5) is 11.4 Å². The molecule has 7 nitrogen and oxygen atoms in total. The van der Waals surface area contributed by atoms with Gasteiger partial charge in [0.15, 0.2) is 0 Å². The first-order chi connectivity index (χ1) is 13.2. The minimum Gasteiger partial charge on any atom is -0.322 e. The maximum Gasteiger partial charge on any atom is 0.255 e. The Morgan fingerprint density at radius 1 is 1.11 bits per heavy atom. The number of carbonyl (C=O) groups is 2. The summed E-state index contributed by atoms with van der Waals surface area (Å²) in [6.45, 7) is 2.54. The molecule has 8 heteroatoms. The summed E-state index contributed by atoms with van der Waals surface area (Å²) in [6.07, 6.45) is 1.10. The maximum absolute atomic E-state index is 12.5. The van der Waals surface area contributed by atoms with Crippen molar-refractivity contribution < 1.29 is 18.0 Å². The van der Waals surface area contributed by atoms with E-state index in [0.717, 1.165) is 15.6 Å². The summed E-state index contributed by atoms with van der Waals surface area (Å²) in [5.74, 6) is -0.215. The molecule has 2 amide bonds. The quantitative estimate of drug-likeness (QED) is 0.834. The van der Waals surface area contributed by atoms with Gasteiger partial charge in [-0.05, 0) is 61.4 Å². The second-order valence-corrected chi connectivity index (χ2v) is 8.90. The molecule has 2 aromatic rings. The van der Waals surface area contributed by atoms with Crippen LogP contribution >= 0.6 is 0 Å². The van der Waals surface area contributed by atoms with Gasteiger partial charge in [0, 0.05) is 44.0 Å². The fourth-order valence-corrected chi connectivity index (χ4v) is 4.08. The van der Waals surface area contributed by atoms with Crippen molar-refractivity contribution in [2.75, 3.05) is 30.9 Å². The number of nitrogens with zero attached hydrogens (tertiary/aromatic N) is 2. The van der Waals surface area contributed by atoms with Crippen LogP contribution in [0.15, 0.2) is 47.4 Å². The molecule has 28 heavy (non-hydrogen) atoms. The number of sulfonamides is 1. The van der Waals surface area contributed by atoms with Gasteiger partial charge in [-0.25, -0.2) is 12.7 Å². The van der Waals surface area contributed by atoms with Crippen LogP contribution in [0.25, 0.3) is 0 Å². The lowest BCUT2D eigenvalue weighted by Crippen LogP contribution is -2.34. The van der Waals surface area contributed by atoms with E-state index in [9.17, 15) is 18.0 Å². The van der Waals surface area contributed by atoms with E-state index in [0.29, 0.717) is 30.6 Å². The van der Waals surface area contributed by atoms with Crippen molar-refractivity contribution in [2.45, 2.75) is 24.7 Å². The Bertz CT molecular complexity index is 1010.